The molecule has 1 rings (SSSR count). The molecule has 0 saturated carbocycles. The van der Waals surface area contributed by atoms with Crippen LogP contribution < -0.4 is 15.8 Å². The molecule has 1 unspecified atom stereocenters. The molecule has 0 bridgehead atoms. The number of halogens is 2. The quantitative estimate of drug-likeness (QED) is 0.386. The van der Waals surface area contributed by atoms with Crippen LogP contribution in [0.4, 0.5) is 0 Å². The Labute approximate surface area is 155 Å². The van der Waals surface area contributed by atoms with Crippen LogP contribution in [-0.4, -0.2) is 23.6 Å². The van der Waals surface area contributed by atoms with Gasteiger partial charge in [0.05, 0.1) is 13.2 Å². The maximum Gasteiger partial charge on any atom is 0.232 e. The Bertz CT molecular complexity index is 483. The highest BCUT2D eigenvalue weighted by Crippen LogP contribution is 2.23. The number of ether oxygens (including phenoxy) is 1. The molecule has 0 aromatic carbocycles. The van der Waals surface area contributed by atoms with Gasteiger partial charge < -0.3 is 15.8 Å². The summed E-state index contributed by atoms with van der Waals surface area (Å²) in [4.78, 5) is 8.49. The van der Waals surface area contributed by atoms with Gasteiger partial charge in [-0.3, -0.25) is 0 Å². The largest absolute Gasteiger partial charge is 0.476 e. The van der Waals surface area contributed by atoms with Crippen LogP contribution >= 0.6 is 35.6 Å². The number of aromatic nitrogens is 1. The number of hydrogen-bond donors (Lipinski definition) is 2. The van der Waals surface area contributed by atoms with Gasteiger partial charge in [-0.2, -0.15) is 0 Å². The van der Waals surface area contributed by atoms with E-state index in [9.17, 15) is 0 Å². The first kappa shape index (κ1) is 21.2. The van der Waals surface area contributed by atoms with Crippen LogP contribution in [0.25, 0.3) is 0 Å². The molecule has 3 N–H and O–H groups in total. The van der Waals surface area contributed by atoms with E-state index in [2.05, 4.69) is 43.0 Å². The molecule has 22 heavy (non-hydrogen) atoms. The Morgan fingerprint density at radius 2 is 2.14 bits per heavy atom. The fourth-order valence-corrected chi connectivity index (χ4v) is 1.72. The molecule has 1 aromatic heterocycles. The summed E-state index contributed by atoms with van der Waals surface area (Å²) in [5.41, 5.74) is 6.70. The summed E-state index contributed by atoms with van der Waals surface area (Å²) in [7, 11) is 0. The van der Waals surface area contributed by atoms with Crippen molar-refractivity contribution in [1.29, 1.82) is 0 Å². The maximum atomic E-state index is 6.15. The van der Waals surface area contributed by atoms with Crippen molar-refractivity contribution in [1.82, 2.24) is 10.3 Å². The highest BCUT2D eigenvalue weighted by Gasteiger charge is 2.06. The first-order chi connectivity index (χ1) is 9.92. The lowest BCUT2D eigenvalue weighted by Gasteiger charge is -2.12. The SMILES string of the molecule is CCC(C)NC(N)=NCc1cnc(OCC(C)C)c(Cl)c1.I. The van der Waals surface area contributed by atoms with E-state index in [1.807, 2.05) is 6.07 Å². The van der Waals surface area contributed by atoms with Crippen molar-refractivity contribution in [3.63, 3.8) is 0 Å². The highest BCUT2D eigenvalue weighted by molar-refractivity contribution is 14.0. The zero-order valence-corrected chi connectivity index (χ0v) is 16.7. The van der Waals surface area contributed by atoms with Crippen molar-refractivity contribution in [3.8, 4) is 5.88 Å². The van der Waals surface area contributed by atoms with Crippen LogP contribution in [0.15, 0.2) is 17.3 Å². The van der Waals surface area contributed by atoms with Crippen molar-refractivity contribution in [2.75, 3.05) is 6.61 Å². The standard InChI is InChI=1S/C15H25ClN4O.HI/c1-5-11(4)20-15(17)19-8-12-6-13(16)14(18-7-12)21-9-10(2)3;/h6-7,10-11H,5,8-9H2,1-4H3,(H3,17,19,20);1H. The number of guanidine groups is 1. The van der Waals surface area contributed by atoms with Gasteiger partial charge in [-0.25, -0.2) is 9.98 Å². The second-order valence-electron chi connectivity index (χ2n) is 5.49. The van der Waals surface area contributed by atoms with Gasteiger partial charge >= 0.3 is 0 Å². The van der Waals surface area contributed by atoms with Gasteiger partial charge in [0.1, 0.15) is 5.02 Å². The molecule has 0 saturated heterocycles. The van der Waals surface area contributed by atoms with Crippen molar-refractivity contribution in [2.45, 2.75) is 46.7 Å². The summed E-state index contributed by atoms with van der Waals surface area (Å²) in [6, 6.07) is 2.12. The second kappa shape index (κ2) is 10.9. The first-order valence-corrected chi connectivity index (χ1v) is 7.63. The van der Waals surface area contributed by atoms with Crippen molar-refractivity contribution < 1.29 is 4.74 Å². The molecule has 0 spiro atoms. The second-order valence-corrected chi connectivity index (χ2v) is 5.90. The molecule has 0 aliphatic heterocycles. The van der Waals surface area contributed by atoms with Crippen LogP contribution in [-0.2, 0) is 6.54 Å². The Balaban J connectivity index is 0.00000441. The minimum absolute atomic E-state index is 0. The van der Waals surface area contributed by atoms with Gasteiger partial charge in [-0.05, 0) is 30.9 Å². The molecule has 0 fully saturated rings. The zero-order chi connectivity index (χ0) is 15.8. The van der Waals surface area contributed by atoms with E-state index in [1.54, 1.807) is 6.20 Å². The molecule has 126 valence electrons. The van der Waals surface area contributed by atoms with Crippen LogP contribution in [0.1, 0.15) is 39.7 Å². The summed E-state index contributed by atoms with van der Waals surface area (Å²) in [5.74, 6) is 1.32. The van der Waals surface area contributed by atoms with E-state index in [1.165, 1.54) is 0 Å². The smallest absolute Gasteiger partial charge is 0.232 e. The van der Waals surface area contributed by atoms with Crippen LogP contribution in [0.5, 0.6) is 5.88 Å². The fourth-order valence-electron chi connectivity index (χ4n) is 1.48. The number of aliphatic imine (C=N–C) groups is 1. The van der Waals surface area contributed by atoms with Crippen molar-refractivity contribution in [3.05, 3.63) is 22.8 Å². The number of nitrogens with one attached hydrogen (secondary N) is 1. The zero-order valence-electron chi connectivity index (χ0n) is 13.6. The lowest BCUT2D eigenvalue weighted by Crippen LogP contribution is -2.38. The average Bonchev–Trinajstić information content (AvgIpc) is 2.43. The highest BCUT2D eigenvalue weighted by atomic mass is 127. The molecule has 1 heterocycles. The third-order valence-corrected chi connectivity index (χ3v) is 3.13. The topological polar surface area (TPSA) is 72.5 Å². The van der Waals surface area contributed by atoms with Gasteiger partial charge in [0, 0.05) is 12.2 Å². The summed E-state index contributed by atoms with van der Waals surface area (Å²) >= 11 is 6.15. The number of nitrogens with zero attached hydrogens (tertiary/aromatic N) is 2. The Morgan fingerprint density at radius 1 is 1.45 bits per heavy atom. The average molecular weight is 441 g/mol. The third-order valence-electron chi connectivity index (χ3n) is 2.86. The number of nitrogens with two attached hydrogens (primary N) is 1. The van der Waals surface area contributed by atoms with E-state index < -0.39 is 0 Å². The monoisotopic (exact) mass is 440 g/mol. The predicted octanol–water partition coefficient (Wildman–Crippen LogP) is 3.59. The predicted molar refractivity (Wildman–Crippen MR) is 103 cm³/mol. The summed E-state index contributed by atoms with van der Waals surface area (Å²) in [6.07, 6.45) is 2.70. The van der Waals surface area contributed by atoms with E-state index >= 15 is 0 Å². The Kier molecular flexibility index (Phi) is 10.5. The molecule has 0 aliphatic carbocycles. The Hall–Kier alpha value is -0.760. The maximum absolute atomic E-state index is 6.15. The van der Waals surface area contributed by atoms with Crippen LogP contribution in [0.3, 0.4) is 0 Å². The van der Waals surface area contributed by atoms with Crippen molar-refractivity contribution in [2.24, 2.45) is 16.6 Å². The van der Waals surface area contributed by atoms with Crippen LogP contribution in [0, 0.1) is 5.92 Å². The Morgan fingerprint density at radius 3 is 2.68 bits per heavy atom. The summed E-state index contributed by atoms with van der Waals surface area (Å²) in [6.45, 7) is 9.32. The lowest BCUT2D eigenvalue weighted by molar-refractivity contribution is 0.261. The molecular weight excluding hydrogens is 415 g/mol. The normalized spacial score (nSPS) is 12.7. The minimum Gasteiger partial charge on any atom is -0.476 e. The summed E-state index contributed by atoms with van der Waals surface area (Å²) < 4.78 is 5.53. The van der Waals surface area contributed by atoms with Gasteiger partial charge in [-0.15, -0.1) is 24.0 Å². The molecule has 0 amide bonds. The van der Waals surface area contributed by atoms with E-state index in [-0.39, 0.29) is 24.0 Å². The number of pyridine rings is 1. The molecule has 0 aliphatic rings. The summed E-state index contributed by atoms with van der Waals surface area (Å²) in [5, 5.41) is 3.61. The van der Waals surface area contributed by atoms with E-state index in [4.69, 9.17) is 22.1 Å². The fraction of sp³-hybridized carbons (Fsp3) is 0.600. The minimum atomic E-state index is 0. The molecule has 1 aromatic rings. The van der Waals surface area contributed by atoms with E-state index in [0.717, 1.165) is 12.0 Å². The van der Waals surface area contributed by atoms with Gasteiger partial charge in [0.2, 0.25) is 5.88 Å². The molecular formula is C15H26ClIN4O. The van der Waals surface area contributed by atoms with Gasteiger partial charge in [-0.1, -0.05) is 32.4 Å². The molecule has 1 atom stereocenters. The van der Waals surface area contributed by atoms with Gasteiger partial charge in [0.15, 0.2) is 5.96 Å². The van der Waals surface area contributed by atoms with Crippen molar-refractivity contribution >= 4 is 41.5 Å². The van der Waals surface area contributed by atoms with E-state index in [0.29, 0.717) is 42.0 Å². The first-order valence-electron chi connectivity index (χ1n) is 7.26. The lowest BCUT2D eigenvalue weighted by atomic mass is 10.2. The van der Waals surface area contributed by atoms with Crippen LogP contribution in [0.2, 0.25) is 5.02 Å². The number of rotatable bonds is 7. The third kappa shape index (κ3) is 8.03. The molecule has 5 nitrogen and oxygen atoms in total. The molecule has 0 radical (unpaired) electrons. The molecule has 7 heteroatoms. The number of hydrogen-bond acceptors (Lipinski definition) is 3. The van der Waals surface area contributed by atoms with Gasteiger partial charge in [0.25, 0.3) is 0 Å².